The molecule has 3 aromatic rings. The Morgan fingerprint density at radius 1 is 1.31 bits per heavy atom. The van der Waals surface area contributed by atoms with Crippen molar-refractivity contribution in [3.05, 3.63) is 60.4 Å². The largest absolute Gasteiger partial charge is 0.496 e. The van der Waals surface area contributed by atoms with Crippen molar-refractivity contribution < 1.29 is 4.74 Å². The molecule has 0 aliphatic rings. The molecule has 26 heavy (non-hydrogen) atoms. The predicted octanol–water partition coefficient (Wildman–Crippen LogP) is 3.57. The van der Waals surface area contributed by atoms with E-state index >= 15 is 0 Å². The van der Waals surface area contributed by atoms with Gasteiger partial charge < -0.3 is 10.5 Å². The van der Waals surface area contributed by atoms with E-state index in [2.05, 4.69) is 22.7 Å². The van der Waals surface area contributed by atoms with Crippen molar-refractivity contribution in [3.63, 3.8) is 0 Å². The minimum atomic E-state index is 0.182. The van der Waals surface area contributed by atoms with Crippen LogP contribution in [0.25, 0.3) is 22.4 Å². The molecule has 0 spiro atoms. The van der Waals surface area contributed by atoms with E-state index in [1.165, 1.54) is 0 Å². The number of aryl methyl sites for hydroxylation is 1. The molecule has 2 aromatic heterocycles. The van der Waals surface area contributed by atoms with Gasteiger partial charge in [0, 0.05) is 22.9 Å². The molecule has 0 aliphatic carbocycles. The first-order valence-electron chi connectivity index (χ1n) is 8.08. The molecule has 6 nitrogen and oxygen atoms in total. The number of para-hydroxylation sites is 1. The van der Waals surface area contributed by atoms with Crippen LogP contribution < -0.4 is 10.5 Å². The number of nitrogen functional groups attached to an aromatic ring is 1. The maximum Gasteiger partial charge on any atom is 0.142 e. The summed E-state index contributed by atoms with van der Waals surface area (Å²) in [6, 6.07) is 11.6. The molecule has 3 rings (SSSR count). The number of hydrogen-bond donors (Lipinski definition) is 1. The van der Waals surface area contributed by atoms with Gasteiger partial charge in [0.1, 0.15) is 23.2 Å². The normalized spacial score (nSPS) is 10.3. The molecule has 0 saturated carbocycles. The zero-order valence-electron chi connectivity index (χ0n) is 14.7. The van der Waals surface area contributed by atoms with Crippen LogP contribution >= 0.6 is 0 Å². The van der Waals surface area contributed by atoms with Gasteiger partial charge in [0.05, 0.1) is 25.0 Å². The van der Waals surface area contributed by atoms with Crippen LogP contribution in [0.15, 0.2) is 49.2 Å². The number of nitriles is 1. The number of allylic oxidation sites excluding steroid dienone is 1. The van der Waals surface area contributed by atoms with Gasteiger partial charge in [0.25, 0.3) is 0 Å². The molecule has 0 saturated heterocycles. The molecule has 130 valence electrons. The van der Waals surface area contributed by atoms with Crippen molar-refractivity contribution in [1.29, 1.82) is 5.26 Å². The average Bonchev–Trinajstić information content (AvgIpc) is 3.01. The number of hydrogen-bond acceptors (Lipinski definition) is 5. The van der Waals surface area contributed by atoms with Gasteiger partial charge in [-0.1, -0.05) is 18.2 Å². The molecular formula is C20H19N5O. The number of benzene rings is 1. The minimum Gasteiger partial charge on any atom is -0.496 e. The van der Waals surface area contributed by atoms with Crippen molar-refractivity contribution in [3.8, 4) is 34.2 Å². The Bertz CT molecular complexity index is 1010. The molecule has 2 N–H and O–H groups in total. The topological polar surface area (TPSA) is 89.8 Å². The first kappa shape index (κ1) is 17.2. The predicted molar refractivity (Wildman–Crippen MR) is 102 cm³/mol. The van der Waals surface area contributed by atoms with Crippen LogP contribution in [0.3, 0.4) is 0 Å². The summed E-state index contributed by atoms with van der Waals surface area (Å²) in [7, 11) is 1.61. The summed E-state index contributed by atoms with van der Waals surface area (Å²) in [5, 5.41) is 14.1. The fourth-order valence-electron chi connectivity index (χ4n) is 2.90. The number of aromatic nitrogens is 3. The summed E-state index contributed by atoms with van der Waals surface area (Å²) in [4.78, 5) is 4.41. The molecule has 0 radical (unpaired) electrons. The fourth-order valence-corrected chi connectivity index (χ4v) is 2.90. The molecule has 0 aliphatic heterocycles. The number of nitrogens with zero attached hydrogens (tertiary/aromatic N) is 4. The molecular weight excluding hydrogens is 326 g/mol. The number of methoxy groups -OCH3 is 1. The molecule has 0 amide bonds. The number of pyridine rings is 1. The summed E-state index contributed by atoms with van der Waals surface area (Å²) in [6.45, 7) is 6.22. The molecule has 0 fully saturated rings. The number of nitrogens with two attached hydrogens (primary N) is 1. The first-order chi connectivity index (χ1) is 12.6. The highest BCUT2D eigenvalue weighted by atomic mass is 16.5. The second-order valence-corrected chi connectivity index (χ2v) is 5.77. The van der Waals surface area contributed by atoms with E-state index in [4.69, 9.17) is 10.5 Å². The molecule has 2 heterocycles. The van der Waals surface area contributed by atoms with Crippen molar-refractivity contribution in [2.75, 3.05) is 12.8 Å². The average molecular weight is 345 g/mol. The van der Waals surface area contributed by atoms with Gasteiger partial charge in [-0.3, -0.25) is 4.68 Å². The lowest BCUT2D eigenvalue weighted by Gasteiger charge is -2.12. The van der Waals surface area contributed by atoms with E-state index in [1.807, 2.05) is 43.5 Å². The molecule has 0 atom stereocenters. The van der Waals surface area contributed by atoms with Crippen LogP contribution in [0.4, 0.5) is 5.82 Å². The van der Waals surface area contributed by atoms with E-state index in [0.717, 1.165) is 16.8 Å². The third-order valence-corrected chi connectivity index (χ3v) is 4.09. The molecule has 6 heteroatoms. The fraction of sp³-hybridized carbons (Fsp3) is 0.150. The smallest absolute Gasteiger partial charge is 0.142 e. The van der Waals surface area contributed by atoms with E-state index in [-0.39, 0.29) is 5.82 Å². The van der Waals surface area contributed by atoms with Gasteiger partial charge in [-0.25, -0.2) is 4.98 Å². The van der Waals surface area contributed by atoms with Crippen LogP contribution in [0.5, 0.6) is 5.75 Å². The lowest BCUT2D eigenvalue weighted by Crippen LogP contribution is -2.00. The number of anilines is 1. The van der Waals surface area contributed by atoms with Crippen LogP contribution in [0.2, 0.25) is 0 Å². The maximum absolute atomic E-state index is 9.59. The van der Waals surface area contributed by atoms with Crippen LogP contribution in [0.1, 0.15) is 11.3 Å². The maximum atomic E-state index is 9.59. The van der Waals surface area contributed by atoms with Gasteiger partial charge in [-0.15, -0.1) is 6.58 Å². The highest BCUT2D eigenvalue weighted by Crippen LogP contribution is 2.35. The van der Waals surface area contributed by atoms with Crippen molar-refractivity contribution in [2.45, 2.75) is 13.5 Å². The summed E-state index contributed by atoms with van der Waals surface area (Å²) in [5.41, 5.74) is 10.2. The highest BCUT2D eigenvalue weighted by molar-refractivity contribution is 5.82. The van der Waals surface area contributed by atoms with Gasteiger partial charge in [-0.05, 0) is 25.1 Å². The Balaban J connectivity index is 2.24. The Morgan fingerprint density at radius 2 is 2.08 bits per heavy atom. The molecule has 1 aromatic carbocycles. The first-order valence-corrected chi connectivity index (χ1v) is 8.08. The Morgan fingerprint density at radius 3 is 2.77 bits per heavy atom. The minimum absolute atomic E-state index is 0.182. The Hall–Kier alpha value is -3.59. The number of rotatable bonds is 5. The highest BCUT2D eigenvalue weighted by Gasteiger charge is 2.18. The quantitative estimate of drug-likeness (QED) is 0.714. The van der Waals surface area contributed by atoms with Crippen molar-refractivity contribution in [1.82, 2.24) is 14.8 Å². The Labute approximate surface area is 152 Å². The number of ether oxygens (including phenoxy) is 1. The van der Waals surface area contributed by atoms with E-state index in [1.54, 1.807) is 17.9 Å². The second kappa shape index (κ2) is 7.11. The summed E-state index contributed by atoms with van der Waals surface area (Å²) in [6.07, 6.45) is 3.65. The van der Waals surface area contributed by atoms with Crippen LogP contribution in [-0.4, -0.2) is 21.9 Å². The third kappa shape index (κ3) is 3.03. The van der Waals surface area contributed by atoms with Gasteiger partial charge in [0.2, 0.25) is 0 Å². The standard InChI is InChI=1S/C20H19N5O/c1-4-9-25-12-17(13(2)24-25)15-10-18(23-20(22)16(15)11-21)14-7-5-6-8-19(14)26-3/h4-8,10,12H,1,9H2,2-3H3,(H2,22,23). The third-order valence-electron chi connectivity index (χ3n) is 4.09. The van der Waals surface area contributed by atoms with Gasteiger partial charge in [0.15, 0.2) is 0 Å². The summed E-state index contributed by atoms with van der Waals surface area (Å²) in [5.74, 6) is 0.871. The summed E-state index contributed by atoms with van der Waals surface area (Å²) < 4.78 is 7.20. The molecule has 0 unspecified atom stereocenters. The molecule has 0 bridgehead atoms. The second-order valence-electron chi connectivity index (χ2n) is 5.77. The lowest BCUT2D eigenvalue weighted by atomic mass is 9.99. The van der Waals surface area contributed by atoms with Crippen molar-refractivity contribution in [2.24, 2.45) is 0 Å². The zero-order chi connectivity index (χ0) is 18.7. The van der Waals surface area contributed by atoms with Crippen LogP contribution in [0, 0.1) is 18.3 Å². The van der Waals surface area contributed by atoms with E-state index < -0.39 is 0 Å². The lowest BCUT2D eigenvalue weighted by molar-refractivity contribution is 0.416. The van der Waals surface area contributed by atoms with Crippen molar-refractivity contribution >= 4 is 5.82 Å². The monoisotopic (exact) mass is 345 g/mol. The van der Waals surface area contributed by atoms with Crippen LogP contribution in [-0.2, 0) is 6.54 Å². The SMILES string of the molecule is C=CCn1cc(-c2cc(-c3ccccc3OC)nc(N)c2C#N)c(C)n1. The summed E-state index contributed by atoms with van der Waals surface area (Å²) >= 11 is 0. The van der Waals surface area contributed by atoms with Gasteiger partial charge in [-0.2, -0.15) is 10.4 Å². The van der Waals surface area contributed by atoms with Gasteiger partial charge >= 0.3 is 0 Å². The van der Waals surface area contributed by atoms with E-state index in [9.17, 15) is 5.26 Å². The Kier molecular flexibility index (Phi) is 4.72. The van der Waals surface area contributed by atoms with E-state index in [0.29, 0.717) is 29.1 Å². The zero-order valence-corrected chi connectivity index (χ0v) is 14.7.